The van der Waals surface area contributed by atoms with Gasteiger partial charge in [0.15, 0.2) is 0 Å². The summed E-state index contributed by atoms with van der Waals surface area (Å²) in [6.07, 6.45) is 0.315. The van der Waals surface area contributed by atoms with Crippen molar-refractivity contribution in [1.29, 1.82) is 0 Å². The van der Waals surface area contributed by atoms with Gasteiger partial charge in [0, 0.05) is 28.8 Å². The fraction of sp³-hybridized carbons (Fsp3) is 0.364. The lowest BCUT2D eigenvalue weighted by molar-refractivity contribution is -0.384. The van der Waals surface area contributed by atoms with Crippen LogP contribution in [0.5, 0.6) is 0 Å². The molecule has 0 spiro atoms. The minimum absolute atomic E-state index is 0.0577. The molecule has 1 aliphatic rings. The summed E-state index contributed by atoms with van der Waals surface area (Å²) in [7, 11) is 0. The lowest BCUT2D eigenvalue weighted by atomic mass is 10.1. The van der Waals surface area contributed by atoms with Gasteiger partial charge < -0.3 is 4.90 Å². The Bertz CT molecular complexity index is 535. The molecule has 1 fully saturated rings. The van der Waals surface area contributed by atoms with Crippen molar-refractivity contribution in [2.24, 2.45) is 0 Å². The predicted molar refractivity (Wildman–Crippen MR) is 75.3 cm³/mol. The fourth-order valence-corrected chi connectivity index (χ4v) is 2.99. The van der Waals surface area contributed by atoms with Crippen molar-refractivity contribution in [3.05, 3.63) is 32.3 Å². The number of hydrogen-bond acceptors (Lipinski definition) is 4. The van der Waals surface area contributed by atoms with Gasteiger partial charge in [0.1, 0.15) is 5.69 Å². The molecule has 0 saturated carbocycles. The Morgan fingerprint density at radius 2 is 2.22 bits per heavy atom. The van der Waals surface area contributed by atoms with Crippen LogP contribution in [0.25, 0.3) is 0 Å². The Morgan fingerprint density at radius 3 is 2.72 bits per heavy atom. The molecule has 7 heteroatoms. The number of halogens is 1. The smallest absolute Gasteiger partial charge is 0.294 e. The number of nitro benzene ring substituents is 1. The molecule has 2 rings (SSSR count). The Labute approximate surface area is 118 Å². The maximum Gasteiger partial charge on any atom is 0.294 e. The number of nitro groups is 1. The van der Waals surface area contributed by atoms with Gasteiger partial charge in [-0.25, -0.2) is 0 Å². The zero-order valence-electron chi connectivity index (χ0n) is 9.59. The lowest BCUT2D eigenvalue weighted by Crippen LogP contribution is -2.26. The van der Waals surface area contributed by atoms with Crippen LogP contribution in [0.4, 0.5) is 11.4 Å². The van der Waals surface area contributed by atoms with E-state index in [9.17, 15) is 14.9 Å². The van der Waals surface area contributed by atoms with Crippen LogP contribution < -0.4 is 4.90 Å². The first kappa shape index (κ1) is 13.4. The number of aryl methyl sites for hydroxylation is 1. The maximum atomic E-state index is 11.8. The molecule has 1 unspecified atom stereocenters. The van der Waals surface area contributed by atoms with E-state index in [2.05, 4.69) is 28.6 Å². The van der Waals surface area contributed by atoms with Gasteiger partial charge in [0.25, 0.3) is 5.69 Å². The van der Waals surface area contributed by atoms with Crippen molar-refractivity contribution in [3.63, 3.8) is 0 Å². The van der Waals surface area contributed by atoms with Gasteiger partial charge in [-0.3, -0.25) is 14.9 Å². The SMILES string of the molecule is Cc1cc(Br)cc([N+](=O)[O-])c1N1CC(S)CC1=O. The molecular weight excluding hydrogens is 320 g/mol. The monoisotopic (exact) mass is 330 g/mol. The zero-order valence-corrected chi connectivity index (χ0v) is 12.1. The Balaban J connectivity index is 2.56. The van der Waals surface area contributed by atoms with E-state index in [0.29, 0.717) is 28.7 Å². The van der Waals surface area contributed by atoms with Crippen molar-refractivity contribution in [1.82, 2.24) is 0 Å². The summed E-state index contributed by atoms with van der Waals surface area (Å²) >= 11 is 7.49. The molecule has 0 radical (unpaired) electrons. The van der Waals surface area contributed by atoms with Gasteiger partial charge in [-0.15, -0.1) is 0 Å². The standard InChI is InChI=1S/C11H11BrN2O3S/c1-6-2-7(12)3-9(14(16)17)11(6)13-5-8(18)4-10(13)15/h2-3,8,18H,4-5H2,1H3. The summed E-state index contributed by atoms with van der Waals surface area (Å²) < 4.78 is 0.629. The van der Waals surface area contributed by atoms with Crippen LogP contribution >= 0.6 is 28.6 Å². The molecule has 0 bridgehead atoms. The van der Waals surface area contributed by atoms with Crippen LogP contribution in [0.15, 0.2) is 16.6 Å². The van der Waals surface area contributed by atoms with E-state index in [0.717, 1.165) is 0 Å². The van der Waals surface area contributed by atoms with E-state index < -0.39 is 4.92 Å². The third-order valence-corrected chi connectivity index (χ3v) is 3.62. The van der Waals surface area contributed by atoms with Crippen LogP contribution in [0.2, 0.25) is 0 Å². The number of benzene rings is 1. The van der Waals surface area contributed by atoms with Gasteiger partial charge in [-0.05, 0) is 18.6 Å². The van der Waals surface area contributed by atoms with Crippen LogP contribution in [0, 0.1) is 17.0 Å². The number of rotatable bonds is 2. The summed E-state index contributed by atoms with van der Waals surface area (Å²) in [4.78, 5) is 23.9. The first-order valence-corrected chi connectivity index (χ1v) is 6.64. The Kier molecular flexibility index (Phi) is 3.63. The predicted octanol–water partition coefficient (Wildman–Crippen LogP) is 2.70. The zero-order chi connectivity index (χ0) is 13.4. The summed E-state index contributed by atoms with van der Waals surface area (Å²) in [5.74, 6) is -0.122. The molecule has 96 valence electrons. The molecule has 1 aromatic rings. The molecule has 18 heavy (non-hydrogen) atoms. The highest BCUT2D eigenvalue weighted by Crippen LogP contribution is 2.37. The largest absolute Gasteiger partial charge is 0.305 e. The second-order valence-corrected chi connectivity index (χ2v) is 5.86. The van der Waals surface area contributed by atoms with E-state index in [1.165, 1.54) is 11.0 Å². The molecule has 1 heterocycles. The second-order valence-electron chi connectivity index (χ2n) is 4.21. The molecule has 1 amide bonds. The van der Waals surface area contributed by atoms with Crippen molar-refractivity contribution in [3.8, 4) is 0 Å². The Morgan fingerprint density at radius 1 is 1.56 bits per heavy atom. The van der Waals surface area contributed by atoms with Gasteiger partial charge in [-0.1, -0.05) is 15.9 Å². The van der Waals surface area contributed by atoms with E-state index in [4.69, 9.17) is 0 Å². The van der Waals surface area contributed by atoms with Gasteiger partial charge in [0.05, 0.1) is 4.92 Å². The van der Waals surface area contributed by atoms with Crippen molar-refractivity contribution in [2.75, 3.05) is 11.4 Å². The minimum Gasteiger partial charge on any atom is -0.305 e. The number of nitrogens with zero attached hydrogens (tertiary/aromatic N) is 2. The van der Waals surface area contributed by atoms with Crippen LogP contribution in [0.1, 0.15) is 12.0 Å². The van der Waals surface area contributed by atoms with Gasteiger partial charge >= 0.3 is 0 Å². The average Bonchev–Trinajstić information content (AvgIpc) is 2.56. The molecule has 5 nitrogen and oxygen atoms in total. The second kappa shape index (κ2) is 4.89. The molecule has 1 aromatic carbocycles. The summed E-state index contributed by atoms with van der Waals surface area (Å²) in [5, 5.41) is 11.0. The average molecular weight is 331 g/mol. The van der Waals surface area contributed by atoms with Crippen molar-refractivity contribution < 1.29 is 9.72 Å². The molecule has 0 aromatic heterocycles. The number of hydrogen-bond donors (Lipinski definition) is 1. The highest BCUT2D eigenvalue weighted by Gasteiger charge is 2.33. The minimum atomic E-state index is -0.466. The molecule has 0 N–H and O–H groups in total. The van der Waals surface area contributed by atoms with E-state index in [-0.39, 0.29) is 16.8 Å². The molecule has 1 atom stereocenters. The number of amides is 1. The lowest BCUT2D eigenvalue weighted by Gasteiger charge is -2.18. The quantitative estimate of drug-likeness (QED) is 0.515. The summed E-state index contributed by atoms with van der Waals surface area (Å²) in [5.41, 5.74) is 1.02. The molecule has 1 saturated heterocycles. The number of carbonyl (C=O) groups is 1. The Hall–Kier alpha value is -1.08. The number of thiol groups is 1. The fourth-order valence-electron chi connectivity index (χ4n) is 2.11. The third kappa shape index (κ3) is 2.37. The topological polar surface area (TPSA) is 63.5 Å². The highest BCUT2D eigenvalue weighted by molar-refractivity contribution is 9.10. The first-order chi connectivity index (χ1) is 8.40. The van der Waals surface area contributed by atoms with Crippen molar-refractivity contribution in [2.45, 2.75) is 18.6 Å². The van der Waals surface area contributed by atoms with Crippen LogP contribution in [-0.2, 0) is 4.79 Å². The van der Waals surface area contributed by atoms with Crippen LogP contribution in [-0.4, -0.2) is 22.6 Å². The first-order valence-electron chi connectivity index (χ1n) is 5.33. The van der Waals surface area contributed by atoms with Gasteiger partial charge in [-0.2, -0.15) is 12.6 Å². The number of carbonyl (C=O) groups excluding carboxylic acids is 1. The van der Waals surface area contributed by atoms with E-state index in [1.807, 2.05) is 0 Å². The maximum absolute atomic E-state index is 11.8. The highest BCUT2D eigenvalue weighted by atomic mass is 79.9. The third-order valence-electron chi connectivity index (χ3n) is 2.82. The molecule has 0 aliphatic carbocycles. The van der Waals surface area contributed by atoms with Gasteiger partial charge in [0.2, 0.25) is 5.91 Å². The normalized spacial score (nSPS) is 19.4. The molecule has 1 aliphatic heterocycles. The van der Waals surface area contributed by atoms with Crippen LogP contribution in [0.3, 0.4) is 0 Å². The molecular formula is C11H11BrN2O3S. The van der Waals surface area contributed by atoms with E-state index in [1.54, 1.807) is 13.0 Å². The summed E-state index contributed by atoms with van der Waals surface area (Å²) in [6.45, 7) is 2.16. The van der Waals surface area contributed by atoms with E-state index >= 15 is 0 Å². The van der Waals surface area contributed by atoms with Crippen molar-refractivity contribution >= 4 is 45.8 Å². The summed E-state index contributed by atoms with van der Waals surface area (Å²) in [6, 6.07) is 3.18. The number of anilines is 1.